The zero-order valence-electron chi connectivity index (χ0n) is 13.4. The van der Waals surface area contributed by atoms with Crippen LogP contribution in [0.4, 0.5) is 16.2 Å². The first kappa shape index (κ1) is 16.4. The predicted octanol–water partition coefficient (Wildman–Crippen LogP) is 3.23. The Hall–Kier alpha value is -3.42. The summed E-state index contributed by atoms with van der Waals surface area (Å²) in [7, 11) is 0. The molecule has 0 unspecified atom stereocenters. The van der Waals surface area contributed by atoms with Gasteiger partial charge in [0.05, 0.1) is 16.0 Å². The zero-order valence-corrected chi connectivity index (χ0v) is 13.4. The fraction of sp³-hybridized carbons (Fsp3) is 0.176. The minimum atomic E-state index is -0.504. The minimum Gasteiger partial charge on any atom is -0.342 e. The standard InChI is InChI=1S/C17H17N5O3/c23-17(19-12-5-3-6-13(11-12)22(24)25)18-10-4-9-16-20-14-7-1-2-8-15(14)21-16/h1-3,5-8,11H,4,9-10H2,(H,20,21)(H2,18,19,23). The predicted molar refractivity (Wildman–Crippen MR) is 94.5 cm³/mol. The van der Waals surface area contributed by atoms with Crippen molar-refractivity contribution in [1.29, 1.82) is 0 Å². The van der Waals surface area contributed by atoms with Crippen molar-refractivity contribution in [2.45, 2.75) is 12.8 Å². The van der Waals surface area contributed by atoms with Gasteiger partial charge in [0.2, 0.25) is 0 Å². The highest BCUT2D eigenvalue weighted by Gasteiger charge is 2.08. The van der Waals surface area contributed by atoms with E-state index in [2.05, 4.69) is 20.6 Å². The van der Waals surface area contributed by atoms with Crippen LogP contribution in [0.2, 0.25) is 0 Å². The zero-order chi connectivity index (χ0) is 17.6. The molecule has 0 spiro atoms. The van der Waals surface area contributed by atoms with Gasteiger partial charge in [-0.25, -0.2) is 9.78 Å². The van der Waals surface area contributed by atoms with Gasteiger partial charge in [-0.15, -0.1) is 0 Å². The fourth-order valence-electron chi connectivity index (χ4n) is 2.45. The number of non-ortho nitro benzene ring substituents is 1. The molecule has 0 fully saturated rings. The number of aryl methyl sites for hydroxylation is 1. The third kappa shape index (κ3) is 4.31. The molecular formula is C17H17N5O3. The molecule has 0 saturated carbocycles. The van der Waals surface area contributed by atoms with Crippen LogP contribution in [-0.4, -0.2) is 27.5 Å². The van der Waals surface area contributed by atoms with Crippen LogP contribution in [-0.2, 0) is 6.42 Å². The SMILES string of the molecule is O=C(NCCCc1nc2ccccc2[nH]1)Nc1cccc([N+](=O)[O-])c1. The number of anilines is 1. The second-order valence-electron chi connectivity index (χ2n) is 5.49. The van der Waals surface area contributed by atoms with E-state index in [1.807, 2.05) is 24.3 Å². The van der Waals surface area contributed by atoms with Crippen molar-refractivity contribution < 1.29 is 9.72 Å². The summed E-state index contributed by atoms with van der Waals surface area (Å²) < 4.78 is 0. The van der Waals surface area contributed by atoms with Gasteiger partial charge < -0.3 is 15.6 Å². The maximum atomic E-state index is 11.8. The number of aromatic nitrogens is 2. The number of nitrogens with one attached hydrogen (secondary N) is 3. The normalized spacial score (nSPS) is 10.6. The van der Waals surface area contributed by atoms with Crippen LogP contribution in [0.5, 0.6) is 0 Å². The number of benzene rings is 2. The fourth-order valence-corrected chi connectivity index (χ4v) is 2.45. The smallest absolute Gasteiger partial charge is 0.319 e. The molecule has 0 aliphatic rings. The second kappa shape index (κ2) is 7.43. The molecule has 1 aromatic heterocycles. The van der Waals surface area contributed by atoms with Gasteiger partial charge in [-0.3, -0.25) is 10.1 Å². The molecule has 2 aromatic carbocycles. The van der Waals surface area contributed by atoms with Crippen LogP contribution < -0.4 is 10.6 Å². The minimum absolute atomic E-state index is 0.0670. The van der Waals surface area contributed by atoms with E-state index in [-0.39, 0.29) is 5.69 Å². The van der Waals surface area contributed by atoms with E-state index in [1.165, 1.54) is 18.2 Å². The number of urea groups is 1. The van der Waals surface area contributed by atoms with Crippen LogP contribution in [0.15, 0.2) is 48.5 Å². The summed E-state index contributed by atoms with van der Waals surface area (Å²) in [4.78, 5) is 29.8. The number of H-pyrrole nitrogens is 1. The van der Waals surface area contributed by atoms with Crippen molar-refractivity contribution in [1.82, 2.24) is 15.3 Å². The molecule has 0 aliphatic heterocycles. The number of amides is 2. The highest BCUT2D eigenvalue weighted by molar-refractivity contribution is 5.89. The number of rotatable bonds is 6. The largest absolute Gasteiger partial charge is 0.342 e. The first-order valence-electron chi connectivity index (χ1n) is 7.85. The monoisotopic (exact) mass is 339 g/mol. The van der Waals surface area contributed by atoms with E-state index >= 15 is 0 Å². The van der Waals surface area contributed by atoms with Gasteiger partial charge in [-0.1, -0.05) is 18.2 Å². The van der Waals surface area contributed by atoms with Crippen LogP contribution in [0.1, 0.15) is 12.2 Å². The Balaban J connectivity index is 1.45. The molecule has 0 aliphatic carbocycles. The Labute approximate surface area is 143 Å². The van der Waals surface area contributed by atoms with Crippen molar-refractivity contribution in [3.8, 4) is 0 Å². The van der Waals surface area contributed by atoms with Gasteiger partial charge in [0.25, 0.3) is 5.69 Å². The number of para-hydroxylation sites is 2. The molecule has 128 valence electrons. The van der Waals surface area contributed by atoms with Crippen LogP contribution >= 0.6 is 0 Å². The van der Waals surface area contributed by atoms with E-state index < -0.39 is 11.0 Å². The summed E-state index contributed by atoms with van der Waals surface area (Å²) in [6.45, 7) is 0.470. The summed E-state index contributed by atoms with van der Waals surface area (Å²) in [6, 6.07) is 13.2. The van der Waals surface area contributed by atoms with Crippen molar-refractivity contribution in [3.05, 3.63) is 64.5 Å². The lowest BCUT2D eigenvalue weighted by Crippen LogP contribution is -2.29. The lowest BCUT2D eigenvalue weighted by atomic mass is 10.3. The number of carbonyl (C=O) groups is 1. The average Bonchev–Trinajstić information content (AvgIpc) is 3.02. The number of imidazole rings is 1. The third-order valence-electron chi connectivity index (χ3n) is 3.63. The van der Waals surface area contributed by atoms with Gasteiger partial charge in [-0.2, -0.15) is 0 Å². The summed E-state index contributed by atoms with van der Waals surface area (Å²) in [5.41, 5.74) is 2.23. The molecule has 1 heterocycles. The molecular weight excluding hydrogens is 322 g/mol. The molecule has 25 heavy (non-hydrogen) atoms. The lowest BCUT2D eigenvalue weighted by molar-refractivity contribution is -0.384. The Bertz CT molecular complexity index is 873. The van der Waals surface area contributed by atoms with Crippen LogP contribution in [0.3, 0.4) is 0 Å². The number of hydrogen-bond acceptors (Lipinski definition) is 4. The molecule has 3 rings (SSSR count). The number of hydrogen-bond donors (Lipinski definition) is 3. The topological polar surface area (TPSA) is 113 Å². The number of nitro groups is 1. The van der Waals surface area contributed by atoms with Gasteiger partial charge >= 0.3 is 6.03 Å². The van der Waals surface area contributed by atoms with Gasteiger partial charge in [0.15, 0.2) is 0 Å². The Morgan fingerprint density at radius 2 is 2.04 bits per heavy atom. The summed E-state index contributed by atoms with van der Waals surface area (Å²) in [5, 5.41) is 16.0. The molecule has 8 nitrogen and oxygen atoms in total. The van der Waals surface area contributed by atoms with E-state index in [9.17, 15) is 14.9 Å². The van der Waals surface area contributed by atoms with E-state index in [4.69, 9.17) is 0 Å². The highest BCUT2D eigenvalue weighted by atomic mass is 16.6. The molecule has 0 bridgehead atoms. The van der Waals surface area contributed by atoms with E-state index in [1.54, 1.807) is 6.07 Å². The molecule has 0 atom stereocenters. The first-order valence-corrected chi connectivity index (χ1v) is 7.85. The quantitative estimate of drug-likeness (QED) is 0.363. The number of nitrogens with zero attached hydrogens (tertiary/aromatic N) is 2. The summed E-state index contributed by atoms with van der Waals surface area (Å²) in [6.07, 6.45) is 1.44. The Morgan fingerprint density at radius 1 is 1.20 bits per heavy atom. The van der Waals surface area contributed by atoms with Crippen LogP contribution in [0.25, 0.3) is 11.0 Å². The van der Waals surface area contributed by atoms with Gasteiger partial charge in [0, 0.05) is 30.8 Å². The van der Waals surface area contributed by atoms with Crippen molar-refractivity contribution >= 4 is 28.4 Å². The van der Waals surface area contributed by atoms with Crippen molar-refractivity contribution in [2.24, 2.45) is 0 Å². The molecule has 0 radical (unpaired) electrons. The number of carbonyl (C=O) groups excluding carboxylic acids is 1. The molecule has 3 aromatic rings. The Kier molecular flexibility index (Phi) is 4.89. The van der Waals surface area contributed by atoms with Gasteiger partial charge in [-0.05, 0) is 24.6 Å². The number of aromatic amines is 1. The molecule has 3 N–H and O–H groups in total. The van der Waals surface area contributed by atoms with Crippen LogP contribution in [0, 0.1) is 10.1 Å². The summed E-state index contributed by atoms with van der Waals surface area (Å²) >= 11 is 0. The van der Waals surface area contributed by atoms with Crippen molar-refractivity contribution in [3.63, 3.8) is 0 Å². The van der Waals surface area contributed by atoms with E-state index in [0.717, 1.165) is 23.3 Å². The third-order valence-corrected chi connectivity index (χ3v) is 3.63. The second-order valence-corrected chi connectivity index (χ2v) is 5.49. The van der Waals surface area contributed by atoms with E-state index in [0.29, 0.717) is 18.7 Å². The van der Waals surface area contributed by atoms with Crippen molar-refractivity contribution in [2.75, 3.05) is 11.9 Å². The first-order chi connectivity index (χ1) is 12.1. The molecule has 0 saturated heterocycles. The Morgan fingerprint density at radius 3 is 2.84 bits per heavy atom. The number of fused-ring (bicyclic) bond motifs is 1. The maximum absolute atomic E-state index is 11.8. The number of nitro benzene ring substituents is 1. The molecule has 2 amide bonds. The lowest BCUT2D eigenvalue weighted by Gasteiger charge is -2.07. The molecule has 8 heteroatoms. The average molecular weight is 339 g/mol. The maximum Gasteiger partial charge on any atom is 0.319 e. The highest BCUT2D eigenvalue weighted by Crippen LogP contribution is 2.16. The summed E-state index contributed by atoms with van der Waals surface area (Å²) in [5.74, 6) is 0.877. The van der Waals surface area contributed by atoms with Gasteiger partial charge in [0.1, 0.15) is 5.82 Å².